The number of carbonyl (C=O) groups is 1. The number of carbonyl (C=O) groups excluding carboxylic acids is 1. The van der Waals surface area contributed by atoms with Crippen molar-refractivity contribution in [3.63, 3.8) is 0 Å². The van der Waals surface area contributed by atoms with Gasteiger partial charge in [0.15, 0.2) is 0 Å². The average molecular weight is 340 g/mol. The third-order valence-electron chi connectivity index (χ3n) is 5.23. The molecular formula is C20H28N4O. The van der Waals surface area contributed by atoms with E-state index in [1.54, 1.807) is 0 Å². The zero-order valence-corrected chi connectivity index (χ0v) is 15.4. The minimum absolute atomic E-state index is 0.00846. The lowest BCUT2D eigenvalue weighted by molar-refractivity contribution is -0.115. The smallest absolute Gasteiger partial charge is 0.228 e. The number of hydrogen-bond donors (Lipinski definition) is 2. The van der Waals surface area contributed by atoms with Gasteiger partial charge in [-0.2, -0.15) is 5.10 Å². The number of benzene rings is 1. The quantitative estimate of drug-likeness (QED) is 0.840. The summed E-state index contributed by atoms with van der Waals surface area (Å²) >= 11 is 0. The van der Waals surface area contributed by atoms with Gasteiger partial charge in [0.2, 0.25) is 5.91 Å². The molecule has 1 saturated carbocycles. The third-order valence-corrected chi connectivity index (χ3v) is 5.23. The predicted molar refractivity (Wildman–Crippen MR) is 102 cm³/mol. The van der Waals surface area contributed by atoms with Gasteiger partial charge >= 0.3 is 0 Å². The van der Waals surface area contributed by atoms with Gasteiger partial charge in [0.1, 0.15) is 0 Å². The summed E-state index contributed by atoms with van der Waals surface area (Å²) in [5.74, 6) is 0.802. The van der Waals surface area contributed by atoms with Crippen molar-refractivity contribution in [3.05, 3.63) is 41.2 Å². The number of nitrogens with one attached hydrogen (secondary N) is 2. The molecule has 0 radical (unpaired) electrons. The monoisotopic (exact) mass is 340 g/mol. The number of aryl methyl sites for hydroxylation is 2. The van der Waals surface area contributed by atoms with E-state index < -0.39 is 0 Å². The van der Waals surface area contributed by atoms with Crippen LogP contribution in [-0.4, -0.2) is 22.2 Å². The first kappa shape index (κ1) is 17.5. The first-order chi connectivity index (χ1) is 12.0. The standard InChI is InChI=1S/C20H28N4O/c1-14-19(15(2)24(3)23-14)12-20(25)22-18-10-8-17(9-11-18)21-13-16-6-4-5-7-16/h8-11,16,21H,4-7,12-13H2,1-3H3,(H,22,25). The van der Waals surface area contributed by atoms with E-state index in [9.17, 15) is 4.79 Å². The van der Waals surface area contributed by atoms with Crippen LogP contribution in [0.1, 0.15) is 42.6 Å². The Labute approximate surface area is 149 Å². The summed E-state index contributed by atoms with van der Waals surface area (Å²) in [4.78, 5) is 12.3. The normalized spacial score (nSPS) is 14.7. The Morgan fingerprint density at radius 3 is 2.40 bits per heavy atom. The van der Waals surface area contributed by atoms with Crippen LogP contribution in [-0.2, 0) is 18.3 Å². The van der Waals surface area contributed by atoms with E-state index in [1.807, 2.05) is 49.8 Å². The maximum atomic E-state index is 12.3. The van der Waals surface area contributed by atoms with Gasteiger partial charge in [0, 0.05) is 36.2 Å². The van der Waals surface area contributed by atoms with E-state index in [0.29, 0.717) is 6.42 Å². The zero-order chi connectivity index (χ0) is 17.8. The van der Waals surface area contributed by atoms with Gasteiger partial charge in [-0.15, -0.1) is 0 Å². The highest BCUT2D eigenvalue weighted by Crippen LogP contribution is 2.25. The highest BCUT2D eigenvalue weighted by atomic mass is 16.1. The molecule has 3 rings (SSSR count). The molecule has 0 bridgehead atoms. The molecule has 1 aliphatic carbocycles. The number of hydrogen-bond acceptors (Lipinski definition) is 3. The summed E-state index contributed by atoms with van der Waals surface area (Å²) in [5, 5.41) is 10.8. The van der Waals surface area contributed by atoms with Crippen LogP contribution in [0.5, 0.6) is 0 Å². The van der Waals surface area contributed by atoms with Gasteiger partial charge < -0.3 is 10.6 Å². The average Bonchev–Trinajstić information content (AvgIpc) is 3.19. The Hall–Kier alpha value is -2.30. The van der Waals surface area contributed by atoms with Crippen LogP contribution in [0.3, 0.4) is 0 Å². The van der Waals surface area contributed by atoms with Gasteiger partial charge in [-0.05, 0) is 56.9 Å². The number of anilines is 2. The van der Waals surface area contributed by atoms with Gasteiger partial charge in [0.05, 0.1) is 12.1 Å². The number of rotatable bonds is 6. The molecule has 0 atom stereocenters. The minimum atomic E-state index is -0.00846. The Morgan fingerprint density at radius 1 is 1.16 bits per heavy atom. The summed E-state index contributed by atoms with van der Waals surface area (Å²) < 4.78 is 1.82. The Kier molecular flexibility index (Phi) is 5.41. The molecule has 5 nitrogen and oxygen atoms in total. The summed E-state index contributed by atoms with van der Waals surface area (Å²) in [6, 6.07) is 7.98. The summed E-state index contributed by atoms with van der Waals surface area (Å²) in [6.07, 6.45) is 5.77. The molecule has 1 heterocycles. The molecule has 134 valence electrons. The van der Waals surface area contributed by atoms with Crippen molar-refractivity contribution in [1.29, 1.82) is 0 Å². The van der Waals surface area contributed by atoms with Crippen molar-refractivity contribution in [3.8, 4) is 0 Å². The maximum Gasteiger partial charge on any atom is 0.228 e. The van der Waals surface area contributed by atoms with E-state index in [4.69, 9.17) is 0 Å². The first-order valence-corrected chi connectivity index (χ1v) is 9.16. The molecule has 1 aromatic carbocycles. The highest BCUT2D eigenvalue weighted by Gasteiger charge is 2.15. The van der Waals surface area contributed by atoms with Crippen LogP contribution in [0.2, 0.25) is 0 Å². The van der Waals surface area contributed by atoms with E-state index in [-0.39, 0.29) is 5.91 Å². The second-order valence-electron chi connectivity index (χ2n) is 7.11. The summed E-state index contributed by atoms with van der Waals surface area (Å²) in [7, 11) is 1.90. The second-order valence-corrected chi connectivity index (χ2v) is 7.11. The van der Waals surface area contributed by atoms with Crippen LogP contribution in [0, 0.1) is 19.8 Å². The molecule has 1 fully saturated rings. The predicted octanol–water partition coefficient (Wildman–Crippen LogP) is 3.82. The lowest BCUT2D eigenvalue weighted by atomic mass is 10.1. The van der Waals surface area contributed by atoms with Crippen molar-refractivity contribution < 1.29 is 4.79 Å². The number of nitrogens with zero attached hydrogens (tertiary/aromatic N) is 2. The molecular weight excluding hydrogens is 312 g/mol. The SMILES string of the molecule is Cc1nn(C)c(C)c1CC(=O)Nc1ccc(NCC2CCCC2)cc1. The van der Waals surface area contributed by atoms with Crippen LogP contribution in [0.4, 0.5) is 11.4 Å². The van der Waals surface area contributed by atoms with Crippen molar-refractivity contribution in [2.24, 2.45) is 13.0 Å². The van der Waals surface area contributed by atoms with Crippen molar-refractivity contribution >= 4 is 17.3 Å². The molecule has 0 saturated heterocycles. The fraction of sp³-hybridized carbons (Fsp3) is 0.500. The molecule has 0 spiro atoms. The molecule has 5 heteroatoms. The van der Waals surface area contributed by atoms with Gasteiger partial charge in [-0.25, -0.2) is 0 Å². The summed E-state index contributed by atoms with van der Waals surface area (Å²) in [5.41, 5.74) is 4.91. The molecule has 2 N–H and O–H groups in total. The fourth-order valence-electron chi connectivity index (χ4n) is 3.59. The van der Waals surface area contributed by atoms with E-state index in [0.717, 1.165) is 40.8 Å². The van der Waals surface area contributed by atoms with Gasteiger partial charge in [-0.3, -0.25) is 9.48 Å². The van der Waals surface area contributed by atoms with E-state index >= 15 is 0 Å². The van der Waals surface area contributed by atoms with Crippen molar-refractivity contribution in [1.82, 2.24) is 9.78 Å². The lowest BCUT2D eigenvalue weighted by Gasteiger charge is -2.12. The molecule has 25 heavy (non-hydrogen) atoms. The Bertz CT molecular complexity index is 727. The molecule has 1 aliphatic rings. The third kappa shape index (κ3) is 4.41. The van der Waals surface area contributed by atoms with Crippen molar-refractivity contribution in [2.45, 2.75) is 46.0 Å². The van der Waals surface area contributed by atoms with Crippen LogP contribution in [0.15, 0.2) is 24.3 Å². The Balaban J connectivity index is 1.52. The molecule has 0 aliphatic heterocycles. The van der Waals surface area contributed by atoms with Crippen LogP contribution < -0.4 is 10.6 Å². The number of amides is 1. The first-order valence-electron chi connectivity index (χ1n) is 9.16. The van der Waals surface area contributed by atoms with Crippen LogP contribution >= 0.6 is 0 Å². The summed E-state index contributed by atoms with van der Waals surface area (Å²) in [6.45, 7) is 4.99. The maximum absolute atomic E-state index is 12.3. The van der Waals surface area contributed by atoms with Crippen LogP contribution in [0.25, 0.3) is 0 Å². The van der Waals surface area contributed by atoms with Gasteiger partial charge in [0.25, 0.3) is 0 Å². The van der Waals surface area contributed by atoms with Gasteiger partial charge in [-0.1, -0.05) is 12.8 Å². The van der Waals surface area contributed by atoms with Crippen molar-refractivity contribution in [2.75, 3.05) is 17.2 Å². The largest absolute Gasteiger partial charge is 0.385 e. The second kappa shape index (κ2) is 7.72. The molecule has 1 aromatic heterocycles. The number of aromatic nitrogens is 2. The highest BCUT2D eigenvalue weighted by molar-refractivity contribution is 5.92. The lowest BCUT2D eigenvalue weighted by Crippen LogP contribution is -2.15. The Morgan fingerprint density at radius 2 is 1.80 bits per heavy atom. The van der Waals surface area contributed by atoms with E-state index in [1.165, 1.54) is 25.7 Å². The van der Waals surface area contributed by atoms with E-state index in [2.05, 4.69) is 15.7 Å². The molecule has 2 aromatic rings. The zero-order valence-electron chi connectivity index (χ0n) is 15.4. The fourth-order valence-corrected chi connectivity index (χ4v) is 3.59. The molecule has 0 unspecified atom stereocenters. The minimum Gasteiger partial charge on any atom is -0.385 e. The topological polar surface area (TPSA) is 59.0 Å². The molecule has 1 amide bonds.